The van der Waals surface area contributed by atoms with Gasteiger partial charge in [-0.15, -0.1) is 0 Å². The average molecular weight is 313 g/mol. The molecule has 0 aliphatic carbocycles. The van der Waals surface area contributed by atoms with Crippen LogP contribution in [-0.2, 0) is 6.54 Å². The van der Waals surface area contributed by atoms with Gasteiger partial charge in [-0.3, -0.25) is 9.80 Å². The fourth-order valence-electron chi connectivity index (χ4n) is 3.29. The molecule has 0 radical (unpaired) electrons. The second kappa shape index (κ2) is 7.68. The SMILES string of the molecule is NCC(c1ccccc1F)N1CCN(Cc2ccccc2)CC1. The molecule has 3 nitrogen and oxygen atoms in total. The molecule has 0 amide bonds. The molecule has 0 saturated carbocycles. The zero-order valence-corrected chi connectivity index (χ0v) is 13.4. The molecular weight excluding hydrogens is 289 g/mol. The largest absolute Gasteiger partial charge is 0.329 e. The van der Waals surface area contributed by atoms with E-state index in [1.165, 1.54) is 11.6 Å². The molecule has 23 heavy (non-hydrogen) atoms. The van der Waals surface area contributed by atoms with Crippen LogP contribution < -0.4 is 5.73 Å². The van der Waals surface area contributed by atoms with Crippen LogP contribution in [0.25, 0.3) is 0 Å². The normalized spacial score (nSPS) is 18.0. The van der Waals surface area contributed by atoms with Gasteiger partial charge in [0.25, 0.3) is 0 Å². The molecule has 1 aliphatic rings. The quantitative estimate of drug-likeness (QED) is 0.921. The van der Waals surface area contributed by atoms with E-state index >= 15 is 0 Å². The number of piperazine rings is 1. The summed E-state index contributed by atoms with van der Waals surface area (Å²) in [4.78, 5) is 4.75. The smallest absolute Gasteiger partial charge is 0.128 e. The van der Waals surface area contributed by atoms with Gasteiger partial charge < -0.3 is 5.73 Å². The Hall–Kier alpha value is -1.75. The molecule has 0 aromatic heterocycles. The predicted molar refractivity (Wildman–Crippen MR) is 91.5 cm³/mol. The minimum absolute atomic E-state index is 0.0323. The second-order valence-electron chi connectivity index (χ2n) is 6.07. The molecule has 0 bridgehead atoms. The molecule has 1 saturated heterocycles. The standard InChI is InChI=1S/C19H24FN3/c20-18-9-5-4-8-17(18)19(14-21)23-12-10-22(11-13-23)15-16-6-2-1-3-7-16/h1-9,19H,10-15,21H2. The maximum Gasteiger partial charge on any atom is 0.128 e. The Labute approximate surface area is 137 Å². The summed E-state index contributed by atoms with van der Waals surface area (Å²) in [6, 6.07) is 17.5. The molecule has 1 aliphatic heterocycles. The number of hydrogen-bond acceptors (Lipinski definition) is 3. The van der Waals surface area contributed by atoms with Crippen LogP contribution in [0.3, 0.4) is 0 Å². The first-order valence-electron chi connectivity index (χ1n) is 8.23. The Kier molecular flexibility index (Phi) is 5.39. The van der Waals surface area contributed by atoms with Crippen molar-refractivity contribution in [3.05, 3.63) is 71.5 Å². The van der Waals surface area contributed by atoms with Crippen LogP contribution >= 0.6 is 0 Å². The highest BCUT2D eigenvalue weighted by Crippen LogP contribution is 2.24. The second-order valence-corrected chi connectivity index (χ2v) is 6.07. The molecule has 2 N–H and O–H groups in total. The van der Waals surface area contributed by atoms with Gasteiger partial charge in [-0.25, -0.2) is 4.39 Å². The third-order valence-corrected chi connectivity index (χ3v) is 4.58. The molecule has 1 heterocycles. The van der Waals surface area contributed by atoms with E-state index in [0.717, 1.165) is 32.7 Å². The number of nitrogens with zero attached hydrogens (tertiary/aromatic N) is 2. The molecular formula is C19H24FN3. The van der Waals surface area contributed by atoms with E-state index in [2.05, 4.69) is 34.1 Å². The van der Waals surface area contributed by atoms with Crippen LogP contribution in [0.1, 0.15) is 17.2 Å². The first kappa shape index (κ1) is 16.1. The summed E-state index contributed by atoms with van der Waals surface area (Å²) in [5.74, 6) is -0.158. The first-order chi connectivity index (χ1) is 11.3. The summed E-state index contributed by atoms with van der Waals surface area (Å²) in [5, 5.41) is 0. The number of halogens is 1. The van der Waals surface area contributed by atoms with E-state index < -0.39 is 0 Å². The number of benzene rings is 2. The van der Waals surface area contributed by atoms with Crippen molar-refractivity contribution in [3.63, 3.8) is 0 Å². The number of nitrogens with two attached hydrogens (primary N) is 1. The van der Waals surface area contributed by atoms with Crippen molar-refractivity contribution in [2.24, 2.45) is 5.73 Å². The number of rotatable bonds is 5. The molecule has 1 atom stereocenters. The molecule has 3 rings (SSSR count). The first-order valence-corrected chi connectivity index (χ1v) is 8.23. The van der Waals surface area contributed by atoms with Crippen LogP contribution in [0, 0.1) is 5.82 Å². The maximum atomic E-state index is 14.1. The van der Waals surface area contributed by atoms with Crippen molar-refractivity contribution >= 4 is 0 Å². The third-order valence-electron chi connectivity index (χ3n) is 4.58. The Morgan fingerprint density at radius 1 is 0.913 bits per heavy atom. The van der Waals surface area contributed by atoms with Crippen LogP contribution in [-0.4, -0.2) is 42.5 Å². The van der Waals surface area contributed by atoms with Gasteiger partial charge in [0.1, 0.15) is 5.82 Å². The number of hydrogen-bond donors (Lipinski definition) is 1. The Morgan fingerprint density at radius 2 is 1.57 bits per heavy atom. The lowest BCUT2D eigenvalue weighted by Gasteiger charge is -2.39. The van der Waals surface area contributed by atoms with Crippen molar-refractivity contribution in [1.29, 1.82) is 0 Å². The van der Waals surface area contributed by atoms with Crippen LogP contribution in [0.4, 0.5) is 4.39 Å². The molecule has 2 aromatic rings. The Balaban J connectivity index is 1.60. The minimum Gasteiger partial charge on any atom is -0.329 e. The molecule has 122 valence electrons. The highest BCUT2D eigenvalue weighted by atomic mass is 19.1. The van der Waals surface area contributed by atoms with Crippen molar-refractivity contribution in [1.82, 2.24) is 9.80 Å². The minimum atomic E-state index is -0.158. The van der Waals surface area contributed by atoms with E-state index in [0.29, 0.717) is 12.1 Å². The predicted octanol–water partition coefficient (Wildman–Crippen LogP) is 2.64. The zero-order valence-electron chi connectivity index (χ0n) is 13.4. The topological polar surface area (TPSA) is 32.5 Å². The molecule has 2 aromatic carbocycles. The molecule has 0 spiro atoms. The van der Waals surface area contributed by atoms with Crippen LogP contribution in [0.2, 0.25) is 0 Å². The highest BCUT2D eigenvalue weighted by molar-refractivity contribution is 5.22. The van der Waals surface area contributed by atoms with Gasteiger partial charge >= 0.3 is 0 Å². The molecule has 1 fully saturated rings. The summed E-state index contributed by atoms with van der Waals surface area (Å²) in [7, 11) is 0. The summed E-state index contributed by atoms with van der Waals surface area (Å²) in [6.07, 6.45) is 0. The van der Waals surface area contributed by atoms with Crippen molar-refractivity contribution in [2.45, 2.75) is 12.6 Å². The lowest BCUT2D eigenvalue weighted by atomic mass is 10.0. The van der Waals surface area contributed by atoms with Crippen molar-refractivity contribution in [2.75, 3.05) is 32.7 Å². The summed E-state index contributed by atoms with van der Waals surface area (Å²) in [6.45, 7) is 5.23. The summed E-state index contributed by atoms with van der Waals surface area (Å²) in [5.41, 5.74) is 7.99. The van der Waals surface area contributed by atoms with Crippen molar-refractivity contribution < 1.29 is 4.39 Å². The third kappa shape index (κ3) is 3.96. The Bertz CT molecular complexity index is 609. The molecule has 4 heteroatoms. The summed E-state index contributed by atoms with van der Waals surface area (Å²) >= 11 is 0. The van der Waals surface area contributed by atoms with E-state index in [-0.39, 0.29) is 11.9 Å². The van der Waals surface area contributed by atoms with Gasteiger partial charge in [-0.05, 0) is 11.6 Å². The average Bonchev–Trinajstić information content (AvgIpc) is 2.59. The molecule has 1 unspecified atom stereocenters. The monoisotopic (exact) mass is 313 g/mol. The van der Waals surface area contributed by atoms with Gasteiger partial charge in [0.15, 0.2) is 0 Å². The van der Waals surface area contributed by atoms with E-state index in [1.807, 2.05) is 18.2 Å². The zero-order chi connectivity index (χ0) is 16.1. The maximum absolute atomic E-state index is 14.1. The van der Waals surface area contributed by atoms with Crippen molar-refractivity contribution in [3.8, 4) is 0 Å². The lowest BCUT2D eigenvalue weighted by molar-refractivity contribution is 0.0928. The van der Waals surface area contributed by atoms with E-state index in [9.17, 15) is 4.39 Å². The van der Waals surface area contributed by atoms with Gasteiger partial charge in [0.2, 0.25) is 0 Å². The van der Waals surface area contributed by atoms with Gasteiger partial charge in [-0.2, -0.15) is 0 Å². The van der Waals surface area contributed by atoms with E-state index in [1.54, 1.807) is 6.07 Å². The van der Waals surface area contributed by atoms with Gasteiger partial charge in [-0.1, -0.05) is 48.5 Å². The van der Waals surface area contributed by atoms with Gasteiger partial charge in [0.05, 0.1) is 6.04 Å². The van der Waals surface area contributed by atoms with E-state index in [4.69, 9.17) is 5.73 Å². The summed E-state index contributed by atoms with van der Waals surface area (Å²) < 4.78 is 14.1. The highest BCUT2D eigenvalue weighted by Gasteiger charge is 2.25. The van der Waals surface area contributed by atoms with Gasteiger partial charge in [0, 0.05) is 44.8 Å². The fraction of sp³-hybridized carbons (Fsp3) is 0.368. The lowest BCUT2D eigenvalue weighted by Crippen LogP contribution is -2.48. The van der Waals surface area contributed by atoms with Crippen LogP contribution in [0.15, 0.2) is 54.6 Å². The van der Waals surface area contributed by atoms with Crippen LogP contribution in [0.5, 0.6) is 0 Å². The fourth-order valence-corrected chi connectivity index (χ4v) is 3.29. The Morgan fingerprint density at radius 3 is 2.22 bits per heavy atom.